The Bertz CT molecular complexity index is 1040. The lowest BCUT2D eigenvalue weighted by atomic mass is 10.2. The van der Waals surface area contributed by atoms with Gasteiger partial charge < -0.3 is 18.6 Å². The zero-order valence-electron chi connectivity index (χ0n) is 15.6. The average molecular weight is 461 g/mol. The molecule has 0 bridgehead atoms. The first-order valence-electron chi connectivity index (χ1n) is 8.41. The van der Waals surface area contributed by atoms with Gasteiger partial charge in [-0.3, -0.25) is 4.79 Å². The average Bonchev–Trinajstić information content (AvgIpc) is 3.16. The molecule has 0 atom stereocenters. The maximum atomic E-state index is 12.2. The van der Waals surface area contributed by atoms with Gasteiger partial charge in [0.15, 0.2) is 23.9 Å². The summed E-state index contributed by atoms with van der Waals surface area (Å²) in [6.07, 6.45) is 1.44. The molecular weight excluding hydrogens is 444 g/mol. The van der Waals surface area contributed by atoms with E-state index in [0.29, 0.717) is 27.1 Å². The quantitative estimate of drug-likeness (QED) is 0.329. The second kappa shape index (κ2) is 9.24. The van der Waals surface area contributed by atoms with Gasteiger partial charge in [-0.1, -0.05) is 18.2 Å². The topological polar surface area (TPSA) is 99.4 Å². The Kier molecular flexibility index (Phi) is 6.50. The Balaban J connectivity index is 1.70. The van der Waals surface area contributed by atoms with Crippen LogP contribution in [0.4, 0.5) is 0 Å². The fourth-order valence-corrected chi connectivity index (χ4v) is 3.03. The monoisotopic (exact) mass is 460 g/mol. The molecule has 29 heavy (non-hydrogen) atoms. The van der Waals surface area contributed by atoms with Crippen molar-refractivity contribution in [2.75, 3.05) is 20.8 Å². The predicted octanol–water partition coefficient (Wildman–Crippen LogP) is 3.52. The van der Waals surface area contributed by atoms with Crippen LogP contribution in [-0.4, -0.2) is 38.9 Å². The molecule has 1 amide bonds. The van der Waals surface area contributed by atoms with E-state index < -0.39 is 11.9 Å². The highest BCUT2D eigenvalue weighted by molar-refractivity contribution is 9.10. The Morgan fingerprint density at radius 2 is 2.00 bits per heavy atom. The van der Waals surface area contributed by atoms with Crippen LogP contribution in [0.15, 0.2) is 56.5 Å². The van der Waals surface area contributed by atoms with E-state index in [9.17, 15) is 9.59 Å². The second-order valence-electron chi connectivity index (χ2n) is 5.75. The summed E-state index contributed by atoms with van der Waals surface area (Å²) in [6, 6.07) is 12.3. The number of furan rings is 1. The molecule has 0 spiro atoms. The molecular formula is C20H17BrN2O6. The van der Waals surface area contributed by atoms with Crippen molar-refractivity contribution in [1.29, 1.82) is 0 Å². The molecule has 0 aliphatic rings. The number of carbonyl (C=O) groups is 2. The number of nitrogens with one attached hydrogen (secondary N) is 1. The number of halogens is 1. The number of rotatable bonds is 7. The zero-order chi connectivity index (χ0) is 20.8. The van der Waals surface area contributed by atoms with Crippen molar-refractivity contribution in [3.8, 4) is 11.5 Å². The summed E-state index contributed by atoms with van der Waals surface area (Å²) in [7, 11) is 2.74. The first kappa shape index (κ1) is 20.4. The third-order valence-corrected chi connectivity index (χ3v) is 4.43. The van der Waals surface area contributed by atoms with Gasteiger partial charge >= 0.3 is 11.9 Å². The molecule has 0 saturated carbocycles. The summed E-state index contributed by atoms with van der Waals surface area (Å²) in [6.45, 7) is -0.257. The van der Waals surface area contributed by atoms with Gasteiger partial charge in [0.05, 0.1) is 24.9 Å². The van der Waals surface area contributed by atoms with Crippen LogP contribution in [0.5, 0.6) is 11.5 Å². The van der Waals surface area contributed by atoms with Crippen LogP contribution in [0.25, 0.3) is 11.0 Å². The van der Waals surface area contributed by atoms with Gasteiger partial charge in [0.25, 0.3) is 0 Å². The van der Waals surface area contributed by atoms with Gasteiger partial charge in [0, 0.05) is 5.39 Å². The van der Waals surface area contributed by atoms with Crippen LogP contribution in [0.3, 0.4) is 0 Å². The molecule has 150 valence electrons. The van der Waals surface area contributed by atoms with E-state index >= 15 is 0 Å². The summed E-state index contributed by atoms with van der Waals surface area (Å²) in [4.78, 5) is 23.5. The minimum absolute atomic E-state index is 0.161. The molecule has 0 aliphatic carbocycles. The number of para-hydroxylation sites is 1. The van der Waals surface area contributed by atoms with E-state index in [1.165, 1.54) is 20.4 Å². The van der Waals surface area contributed by atoms with E-state index in [1.54, 1.807) is 24.3 Å². The number of methoxy groups -OCH3 is 2. The van der Waals surface area contributed by atoms with Crippen molar-refractivity contribution in [3.63, 3.8) is 0 Å². The number of hydrazone groups is 1. The number of benzene rings is 2. The zero-order valence-corrected chi connectivity index (χ0v) is 17.2. The van der Waals surface area contributed by atoms with E-state index in [0.717, 1.165) is 5.39 Å². The third kappa shape index (κ3) is 4.94. The van der Waals surface area contributed by atoms with Crippen LogP contribution < -0.4 is 14.9 Å². The van der Waals surface area contributed by atoms with Crippen molar-refractivity contribution >= 4 is 45.0 Å². The minimum Gasteiger partial charge on any atom is -0.493 e. The number of esters is 1. The van der Waals surface area contributed by atoms with Crippen LogP contribution in [0.2, 0.25) is 0 Å². The summed E-state index contributed by atoms with van der Waals surface area (Å²) < 4.78 is 21.3. The first-order valence-corrected chi connectivity index (χ1v) is 9.20. The molecule has 0 radical (unpaired) electrons. The van der Waals surface area contributed by atoms with Gasteiger partial charge in [-0.25, -0.2) is 10.2 Å². The highest BCUT2D eigenvalue weighted by Crippen LogP contribution is 2.36. The largest absolute Gasteiger partial charge is 0.493 e. The number of hydrogen-bond donors (Lipinski definition) is 1. The van der Waals surface area contributed by atoms with Crippen LogP contribution in [0, 0.1) is 0 Å². The molecule has 0 fully saturated rings. The molecule has 1 heterocycles. The van der Waals surface area contributed by atoms with E-state index in [-0.39, 0.29) is 12.4 Å². The van der Waals surface area contributed by atoms with Crippen molar-refractivity contribution in [3.05, 3.63) is 58.3 Å². The molecule has 0 aliphatic heterocycles. The summed E-state index contributed by atoms with van der Waals surface area (Å²) in [5.74, 6) is -0.0947. The number of hydrogen-bond acceptors (Lipinski definition) is 7. The smallest absolute Gasteiger partial charge is 0.343 e. The Morgan fingerprint density at radius 1 is 1.21 bits per heavy atom. The van der Waals surface area contributed by atoms with Crippen molar-refractivity contribution < 1.29 is 28.2 Å². The number of fused-ring (bicyclic) bond motifs is 1. The number of nitrogens with zero attached hydrogens (tertiary/aromatic N) is 1. The lowest BCUT2D eigenvalue weighted by Crippen LogP contribution is -2.16. The third-order valence-electron chi connectivity index (χ3n) is 3.84. The number of amides is 1. The van der Waals surface area contributed by atoms with Crippen LogP contribution in [-0.2, 0) is 9.53 Å². The van der Waals surface area contributed by atoms with Crippen LogP contribution >= 0.6 is 15.9 Å². The lowest BCUT2D eigenvalue weighted by molar-refractivity contribution is -0.142. The van der Waals surface area contributed by atoms with Crippen molar-refractivity contribution in [1.82, 2.24) is 5.43 Å². The highest BCUT2D eigenvalue weighted by atomic mass is 79.9. The van der Waals surface area contributed by atoms with E-state index in [4.69, 9.17) is 13.9 Å². The molecule has 1 aromatic heterocycles. The van der Waals surface area contributed by atoms with E-state index in [2.05, 4.69) is 31.2 Å². The standard InChI is InChI=1S/C20H17BrN2O6/c1-26-16-8-12(7-14(21)19(16)28-11-18(24)27-2)10-22-23-20(25)17-9-13-5-3-4-6-15(13)29-17/h3-10H,11H2,1-2H3,(H,23,25)/b22-10+. The molecule has 9 heteroatoms. The molecule has 2 aromatic carbocycles. The number of carbonyl (C=O) groups excluding carboxylic acids is 2. The van der Waals surface area contributed by atoms with Crippen molar-refractivity contribution in [2.45, 2.75) is 0 Å². The fraction of sp³-hybridized carbons (Fsp3) is 0.150. The molecule has 3 rings (SSSR count). The minimum atomic E-state index is -0.516. The lowest BCUT2D eigenvalue weighted by Gasteiger charge is -2.12. The molecule has 8 nitrogen and oxygen atoms in total. The van der Waals surface area contributed by atoms with Gasteiger partial charge in [-0.05, 0) is 45.8 Å². The summed E-state index contributed by atoms with van der Waals surface area (Å²) in [5.41, 5.74) is 3.67. The van der Waals surface area contributed by atoms with Gasteiger partial charge in [-0.15, -0.1) is 0 Å². The first-order chi connectivity index (χ1) is 14.0. The predicted molar refractivity (Wildman–Crippen MR) is 109 cm³/mol. The molecule has 0 saturated heterocycles. The second-order valence-corrected chi connectivity index (χ2v) is 6.60. The normalized spacial score (nSPS) is 10.9. The maximum absolute atomic E-state index is 12.2. The summed E-state index contributed by atoms with van der Waals surface area (Å²) >= 11 is 3.37. The van der Waals surface area contributed by atoms with E-state index in [1.807, 2.05) is 18.2 Å². The molecule has 0 unspecified atom stereocenters. The van der Waals surface area contributed by atoms with Crippen LogP contribution in [0.1, 0.15) is 16.1 Å². The maximum Gasteiger partial charge on any atom is 0.343 e. The fourth-order valence-electron chi connectivity index (χ4n) is 2.46. The highest BCUT2D eigenvalue weighted by Gasteiger charge is 2.14. The Hall–Kier alpha value is -3.33. The van der Waals surface area contributed by atoms with Gasteiger partial charge in [-0.2, -0.15) is 5.10 Å². The number of ether oxygens (including phenoxy) is 3. The SMILES string of the molecule is COC(=O)COc1c(Br)cc(/C=N/NC(=O)c2cc3ccccc3o2)cc1OC. The molecule has 3 aromatic rings. The molecule has 1 N–H and O–H groups in total. The van der Waals surface area contributed by atoms with Gasteiger partial charge in [0.2, 0.25) is 0 Å². The Labute approximate surface area is 174 Å². The van der Waals surface area contributed by atoms with Crippen molar-refractivity contribution in [2.24, 2.45) is 5.10 Å². The van der Waals surface area contributed by atoms with Gasteiger partial charge in [0.1, 0.15) is 5.58 Å². The Morgan fingerprint density at radius 3 is 2.72 bits per heavy atom. The summed E-state index contributed by atoms with van der Waals surface area (Å²) in [5, 5.41) is 4.78.